The van der Waals surface area contributed by atoms with Crippen LogP contribution in [-0.4, -0.2) is 20.8 Å². The molecule has 0 unspecified atom stereocenters. The van der Waals surface area contributed by atoms with Gasteiger partial charge >= 0.3 is 0 Å². The Hall–Kier alpha value is -1.68. The molecule has 2 aromatic rings. The van der Waals surface area contributed by atoms with Crippen LogP contribution in [0, 0.1) is 13.8 Å². The molecule has 0 fully saturated rings. The zero-order valence-electron chi connectivity index (χ0n) is 13.8. The minimum Gasteiger partial charge on any atom is -0.309 e. The summed E-state index contributed by atoms with van der Waals surface area (Å²) in [5.41, 5.74) is 5.88. The van der Waals surface area contributed by atoms with Crippen molar-refractivity contribution in [2.45, 2.75) is 60.2 Å². The zero-order valence-corrected chi connectivity index (χ0v) is 13.8. The fraction of sp³-hybridized carbons (Fsp3) is 0.529. The summed E-state index contributed by atoms with van der Waals surface area (Å²) < 4.78 is 2.07. The molecule has 4 nitrogen and oxygen atoms in total. The Morgan fingerprint density at radius 1 is 1.19 bits per heavy atom. The van der Waals surface area contributed by atoms with E-state index < -0.39 is 0 Å². The third-order valence-electron chi connectivity index (χ3n) is 3.75. The number of nitrogens with zero attached hydrogens (tertiary/aromatic N) is 3. The van der Waals surface area contributed by atoms with Gasteiger partial charge in [-0.25, -0.2) is 0 Å². The van der Waals surface area contributed by atoms with Gasteiger partial charge < -0.3 is 5.32 Å². The van der Waals surface area contributed by atoms with E-state index in [-0.39, 0.29) is 0 Å². The van der Waals surface area contributed by atoms with Crippen LogP contribution < -0.4 is 5.32 Å². The average Bonchev–Trinajstić information content (AvgIpc) is 2.71. The van der Waals surface area contributed by atoms with Gasteiger partial charge in [-0.1, -0.05) is 26.8 Å². The van der Waals surface area contributed by atoms with Gasteiger partial charge in [0.25, 0.3) is 0 Å². The van der Waals surface area contributed by atoms with Crippen molar-refractivity contribution in [1.82, 2.24) is 20.1 Å². The maximum absolute atomic E-state index is 4.72. The number of hydrogen-bond donors (Lipinski definition) is 1. The molecule has 0 radical (unpaired) electrons. The first-order valence-electron chi connectivity index (χ1n) is 7.72. The van der Waals surface area contributed by atoms with Gasteiger partial charge in [-0.15, -0.1) is 0 Å². The fourth-order valence-electron chi connectivity index (χ4n) is 2.58. The molecule has 1 N–H and O–H groups in total. The molecular formula is C17H26N4. The van der Waals surface area contributed by atoms with E-state index in [1.165, 1.54) is 11.3 Å². The van der Waals surface area contributed by atoms with E-state index >= 15 is 0 Å². The van der Waals surface area contributed by atoms with Gasteiger partial charge in [-0.05, 0) is 38.0 Å². The van der Waals surface area contributed by atoms with E-state index in [1.54, 1.807) is 0 Å². The lowest BCUT2D eigenvalue weighted by Crippen LogP contribution is -2.22. The molecule has 2 aromatic heterocycles. The van der Waals surface area contributed by atoms with Gasteiger partial charge in [0.05, 0.1) is 23.6 Å². The van der Waals surface area contributed by atoms with Crippen LogP contribution in [0.15, 0.2) is 18.2 Å². The highest BCUT2D eigenvalue weighted by molar-refractivity contribution is 5.25. The van der Waals surface area contributed by atoms with E-state index in [4.69, 9.17) is 4.98 Å². The van der Waals surface area contributed by atoms with Crippen molar-refractivity contribution < 1.29 is 0 Å². The maximum Gasteiger partial charge on any atom is 0.0834 e. The Morgan fingerprint density at radius 3 is 2.52 bits per heavy atom. The third-order valence-corrected chi connectivity index (χ3v) is 3.75. The fourth-order valence-corrected chi connectivity index (χ4v) is 2.58. The van der Waals surface area contributed by atoms with Gasteiger partial charge in [0.1, 0.15) is 0 Å². The monoisotopic (exact) mass is 286 g/mol. The number of hydrogen-bond acceptors (Lipinski definition) is 3. The average molecular weight is 286 g/mol. The summed E-state index contributed by atoms with van der Waals surface area (Å²) in [6, 6.07) is 6.68. The number of aryl methyl sites for hydroxylation is 1. The summed E-state index contributed by atoms with van der Waals surface area (Å²) in [6.45, 7) is 12.2. The van der Waals surface area contributed by atoms with Crippen molar-refractivity contribution >= 4 is 0 Å². The van der Waals surface area contributed by atoms with Crippen LogP contribution >= 0.6 is 0 Å². The zero-order chi connectivity index (χ0) is 15.4. The second-order valence-electron chi connectivity index (χ2n) is 5.82. The minimum absolute atomic E-state index is 0.471. The molecule has 0 aliphatic rings. The largest absolute Gasteiger partial charge is 0.309 e. The summed E-state index contributed by atoms with van der Waals surface area (Å²) in [4.78, 5) is 4.72. The lowest BCUT2D eigenvalue weighted by atomic mass is 10.1. The van der Waals surface area contributed by atoms with E-state index in [1.807, 2.05) is 0 Å². The Balaban J connectivity index is 2.14. The molecule has 0 saturated heterocycles. The predicted molar refractivity (Wildman–Crippen MR) is 86.4 cm³/mol. The van der Waals surface area contributed by atoms with Crippen LogP contribution in [0.25, 0.3) is 0 Å². The molecule has 21 heavy (non-hydrogen) atoms. The van der Waals surface area contributed by atoms with E-state index in [0.717, 1.165) is 36.6 Å². The van der Waals surface area contributed by atoms with E-state index in [2.05, 4.69) is 67.9 Å². The quantitative estimate of drug-likeness (QED) is 0.887. The van der Waals surface area contributed by atoms with Crippen molar-refractivity contribution in [3.8, 4) is 0 Å². The lowest BCUT2D eigenvalue weighted by Gasteiger charge is -2.09. The molecule has 0 spiro atoms. The molecule has 0 aliphatic carbocycles. The topological polar surface area (TPSA) is 42.7 Å². The van der Waals surface area contributed by atoms with Gasteiger partial charge in [-0.2, -0.15) is 5.10 Å². The highest BCUT2D eigenvalue weighted by Crippen LogP contribution is 2.14. The highest BCUT2D eigenvalue weighted by atomic mass is 15.3. The molecule has 0 saturated carbocycles. The summed E-state index contributed by atoms with van der Waals surface area (Å²) in [5, 5.41) is 8.04. The van der Waals surface area contributed by atoms with Crippen LogP contribution in [0.1, 0.15) is 49.1 Å². The molecular weight excluding hydrogens is 260 g/mol. The number of rotatable bonds is 6. The number of nitrogens with one attached hydrogen (secondary N) is 1. The standard InChI is InChI=1S/C17H26N4/c1-6-17-13(4)20-21(14(17)5)11-16-9-7-8-15(19-16)10-18-12(2)3/h7-9,12,18H,6,10-11H2,1-5H3. The molecule has 114 valence electrons. The van der Waals surface area contributed by atoms with Crippen LogP contribution in [0.3, 0.4) is 0 Å². The normalized spacial score (nSPS) is 11.3. The lowest BCUT2D eigenvalue weighted by molar-refractivity contribution is 0.577. The predicted octanol–water partition coefficient (Wildman–Crippen LogP) is 3.00. The van der Waals surface area contributed by atoms with Gasteiger partial charge in [0.2, 0.25) is 0 Å². The SMILES string of the molecule is CCc1c(C)nn(Cc2cccc(CNC(C)C)n2)c1C. The summed E-state index contributed by atoms with van der Waals surface area (Å²) in [7, 11) is 0. The second-order valence-corrected chi connectivity index (χ2v) is 5.82. The molecule has 0 aromatic carbocycles. The molecule has 0 aliphatic heterocycles. The maximum atomic E-state index is 4.72. The Labute approximate surface area is 127 Å². The van der Waals surface area contributed by atoms with Crippen LogP contribution in [0.5, 0.6) is 0 Å². The molecule has 4 heteroatoms. The van der Waals surface area contributed by atoms with Crippen LogP contribution in [0.2, 0.25) is 0 Å². The Kier molecular flexibility index (Phi) is 5.12. The first kappa shape index (κ1) is 15.7. The smallest absolute Gasteiger partial charge is 0.0834 e. The van der Waals surface area contributed by atoms with Crippen molar-refractivity contribution in [3.63, 3.8) is 0 Å². The first-order valence-corrected chi connectivity index (χ1v) is 7.72. The molecule has 0 atom stereocenters. The second kappa shape index (κ2) is 6.85. The number of aromatic nitrogens is 3. The van der Waals surface area contributed by atoms with Gasteiger partial charge in [0.15, 0.2) is 0 Å². The van der Waals surface area contributed by atoms with Crippen molar-refractivity contribution in [2.24, 2.45) is 0 Å². The Morgan fingerprint density at radius 2 is 1.90 bits per heavy atom. The van der Waals surface area contributed by atoms with E-state index in [9.17, 15) is 0 Å². The minimum atomic E-state index is 0.471. The third kappa shape index (κ3) is 3.91. The van der Waals surface area contributed by atoms with E-state index in [0.29, 0.717) is 6.04 Å². The highest BCUT2D eigenvalue weighted by Gasteiger charge is 2.10. The number of pyridine rings is 1. The van der Waals surface area contributed by atoms with Crippen molar-refractivity contribution in [1.29, 1.82) is 0 Å². The summed E-state index contributed by atoms with van der Waals surface area (Å²) in [5.74, 6) is 0. The Bertz CT molecular complexity index is 599. The van der Waals surface area contributed by atoms with Gasteiger partial charge in [-0.3, -0.25) is 9.67 Å². The summed E-state index contributed by atoms with van der Waals surface area (Å²) in [6.07, 6.45) is 1.03. The molecule has 2 heterocycles. The van der Waals surface area contributed by atoms with Crippen molar-refractivity contribution in [3.05, 3.63) is 46.5 Å². The molecule has 2 rings (SSSR count). The van der Waals surface area contributed by atoms with Crippen molar-refractivity contribution in [2.75, 3.05) is 0 Å². The molecule has 0 bridgehead atoms. The van der Waals surface area contributed by atoms with Gasteiger partial charge in [0, 0.05) is 18.3 Å². The first-order chi connectivity index (χ1) is 10.0. The van der Waals surface area contributed by atoms with Crippen LogP contribution in [-0.2, 0) is 19.5 Å². The molecule has 0 amide bonds. The van der Waals surface area contributed by atoms with Crippen LogP contribution in [0.4, 0.5) is 0 Å². The summed E-state index contributed by atoms with van der Waals surface area (Å²) >= 11 is 0.